The fraction of sp³-hybridized carbons (Fsp3) is 0.533. The molecule has 8 nitrogen and oxygen atoms in total. The molecule has 1 saturated carbocycles. The second-order valence-corrected chi connectivity index (χ2v) is 5.89. The molecule has 0 aliphatic heterocycles. The zero-order valence-corrected chi connectivity index (χ0v) is 13.2. The number of hydrogen-bond donors (Lipinski definition) is 1. The lowest BCUT2D eigenvalue weighted by atomic mass is 9.95. The number of aromatic nitrogens is 4. The van der Waals surface area contributed by atoms with Crippen molar-refractivity contribution >= 4 is 17.0 Å². The Balaban J connectivity index is 2.17. The third kappa shape index (κ3) is 2.59. The van der Waals surface area contributed by atoms with Crippen LogP contribution in [0.3, 0.4) is 0 Å². The number of nitrogens with zero attached hydrogens (tertiary/aromatic N) is 5. The molecule has 0 saturated heterocycles. The van der Waals surface area contributed by atoms with E-state index in [0.717, 1.165) is 30.3 Å². The smallest absolute Gasteiger partial charge is 0.332 e. The monoisotopic (exact) mass is 314 g/mol. The minimum atomic E-state index is -0.545. The Morgan fingerprint density at radius 3 is 2.48 bits per heavy atom. The second kappa shape index (κ2) is 5.83. The van der Waals surface area contributed by atoms with Crippen molar-refractivity contribution in [2.45, 2.75) is 38.1 Å². The summed E-state index contributed by atoms with van der Waals surface area (Å²) in [6.45, 7) is 0. The summed E-state index contributed by atoms with van der Waals surface area (Å²) in [6.07, 6.45) is 5.52. The average Bonchev–Trinajstić information content (AvgIpc) is 2.58. The van der Waals surface area contributed by atoms with Gasteiger partial charge in [-0.2, -0.15) is 5.26 Å². The summed E-state index contributed by atoms with van der Waals surface area (Å²) >= 11 is 0. The van der Waals surface area contributed by atoms with E-state index in [1.165, 1.54) is 25.1 Å². The highest BCUT2D eigenvalue weighted by molar-refractivity contribution is 5.73. The maximum atomic E-state index is 12.2. The predicted octanol–water partition coefficient (Wildman–Crippen LogP) is 0.643. The first kappa shape index (κ1) is 15.2. The summed E-state index contributed by atoms with van der Waals surface area (Å²) in [4.78, 5) is 32.7. The normalized spacial score (nSPS) is 15.5. The SMILES string of the molecule is Cn1c(=O)c2nc(C#N)c(NC3CCCCC3)nc2n(C)c1=O. The van der Waals surface area contributed by atoms with Crippen LogP contribution >= 0.6 is 0 Å². The second-order valence-electron chi connectivity index (χ2n) is 5.89. The van der Waals surface area contributed by atoms with Crippen LogP contribution in [-0.2, 0) is 14.1 Å². The van der Waals surface area contributed by atoms with E-state index in [4.69, 9.17) is 0 Å². The Labute approximate surface area is 132 Å². The van der Waals surface area contributed by atoms with E-state index in [2.05, 4.69) is 15.3 Å². The van der Waals surface area contributed by atoms with Crippen LogP contribution in [0.25, 0.3) is 11.2 Å². The zero-order chi connectivity index (χ0) is 16.6. The highest BCUT2D eigenvalue weighted by atomic mass is 16.2. The average molecular weight is 314 g/mol. The number of anilines is 1. The molecule has 120 valence electrons. The van der Waals surface area contributed by atoms with Crippen molar-refractivity contribution in [1.29, 1.82) is 5.26 Å². The topological polar surface area (TPSA) is 106 Å². The minimum absolute atomic E-state index is 0.0281. The molecule has 1 aliphatic rings. The molecule has 1 N–H and O–H groups in total. The Morgan fingerprint density at radius 2 is 1.83 bits per heavy atom. The summed E-state index contributed by atoms with van der Waals surface area (Å²) in [7, 11) is 2.92. The van der Waals surface area contributed by atoms with Gasteiger partial charge in [0.15, 0.2) is 22.7 Å². The number of rotatable bonds is 2. The van der Waals surface area contributed by atoms with Crippen LogP contribution in [0.2, 0.25) is 0 Å². The van der Waals surface area contributed by atoms with Crippen LogP contribution < -0.4 is 16.6 Å². The van der Waals surface area contributed by atoms with Crippen molar-refractivity contribution in [3.05, 3.63) is 26.5 Å². The van der Waals surface area contributed by atoms with Gasteiger partial charge in [0.1, 0.15) is 6.07 Å². The van der Waals surface area contributed by atoms with Crippen molar-refractivity contribution in [3.63, 3.8) is 0 Å². The fourth-order valence-corrected chi connectivity index (χ4v) is 2.98. The third-order valence-electron chi connectivity index (χ3n) is 4.33. The van der Waals surface area contributed by atoms with Crippen molar-refractivity contribution in [2.75, 3.05) is 5.32 Å². The molecule has 2 aromatic rings. The van der Waals surface area contributed by atoms with E-state index in [9.17, 15) is 14.9 Å². The molecular weight excluding hydrogens is 296 g/mol. The van der Waals surface area contributed by atoms with Crippen LogP contribution in [0.5, 0.6) is 0 Å². The number of fused-ring (bicyclic) bond motifs is 1. The highest BCUT2D eigenvalue weighted by Crippen LogP contribution is 2.22. The summed E-state index contributed by atoms with van der Waals surface area (Å²) < 4.78 is 2.24. The van der Waals surface area contributed by atoms with E-state index >= 15 is 0 Å². The highest BCUT2D eigenvalue weighted by Gasteiger charge is 2.19. The van der Waals surface area contributed by atoms with E-state index in [-0.39, 0.29) is 22.9 Å². The van der Waals surface area contributed by atoms with Gasteiger partial charge in [0.25, 0.3) is 5.56 Å². The Hall–Kier alpha value is -2.69. The van der Waals surface area contributed by atoms with E-state index < -0.39 is 11.2 Å². The van der Waals surface area contributed by atoms with E-state index in [1.54, 1.807) is 0 Å². The Bertz CT molecular complexity index is 915. The lowest BCUT2D eigenvalue weighted by molar-refractivity contribution is 0.461. The first-order valence-corrected chi connectivity index (χ1v) is 7.67. The zero-order valence-electron chi connectivity index (χ0n) is 13.2. The van der Waals surface area contributed by atoms with Gasteiger partial charge in [0.2, 0.25) is 0 Å². The Morgan fingerprint density at radius 1 is 1.13 bits per heavy atom. The molecule has 0 amide bonds. The maximum absolute atomic E-state index is 12.2. The summed E-state index contributed by atoms with van der Waals surface area (Å²) in [5.41, 5.74) is -0.712. The number of hydrogen-bond acceptors (Lipinski definition) is 6. The van der Waals surface area contributed by atoms with E-state index in [0.29, 0.717) is 5.82 Å². The molecule has 3 rings (SSSR count). The summed E-state index contributed by atoms with van der Waals surface area (Å²) in [5.74, 6) is 0.343. The van der Waals surface area contributed by atoms with Gasteiger partial charge in [-0.15, -0.1) is 0 Å². The van der Waals surface area contributed by atoms with Gasteiger partial charge in [0, 0.05) is 20.1 Å². The molecule has 0 atom stereocenters. The van der Waals surface area contributed by atoms with Crippen LogP contribution in [0, 0.1) is 11.3 Å². The molecule has 2 aromatic heterocycles. The van der Waals surface area contributed by atoms with Crippen molar-refractivity contribution in [1.82, 2.24) is 19.1 Å². The molecule has 1 aliphatic carbocycles. The summed E-state index contributed by atoms with van der Waals surface area (Å²) in [5, 5.41) is 12.6. The van der Waals surface area contributed by atoms with Crippen molar-refractivity contribution in [3.8, 4) is 6.07 Å². The third-order valence-corrected chi connectivity index (χ3v) is 4.33. The van der Waals surface area contributed by atoms with Gasteiger partial charge < -0.3 is 5.32 Å². The van der Waals surface area contributed by atoms with Crippen LogP contribution in [0.15, 0.2) is 9.59 Å². The first-order valence-electron chi connectivity index (χ1n) is 7.67. The molecular formula is C15H18N6O2. The summed E-state index contributed by atoms with van der Waals surface area (Å²) in [6, 6.07) is 2.23. The first-order chi connectivity index (χ1) is 11.0. The number of nitriles is 1. The van der Waals surface area contributed by atoms with Gasteiger partial charge in [-0.3, -0.25) is 13.9 Å². The molecule has 0 spiro atoms. The van der Waals surface area contributed by atoms with Crippen LogP contribution in [-0.4, -0.2) is 25.1 Å². The maximum Gasteiger partial charge on any atom is 0.332 e. The molecule has 0 aromatic carbocycles. The van der Waals surface area contributed by atoms with Gasteiger partial charge >= 0.3 is 5.69 Å². The molecule has 8 heteroatoms. The fourth-order valence-electron chi connectivity index (χ4n) is 2.98. The lowest BCUT2D eigenvalue weighted by Gasteiger charge is -2.23. The van der Waals surface area contributed by atoms with Crippen molar-refractivity contribution < 1.29 is 0 Å². The van der Waals surface area contributed by atoms with Gasteiger partial charge in [-0.25, -0.2) is 14.8 Å². The standard InChI is InChI=1S/C15H18N6O2/c1-20-13-11(14(22)21(2)15(20)23)18-10(8-16)12(19-13)17-9-6-4-3-5-7-9/h9H,3-7H2,1-2H3,(H,17,19). The minimum Gasteiger partial charge on any atom is -0.365 e. The van der Waals surface area contributed by atoms with Gasteiger partial charge in [-0.05, 0) is 12.8 Å². The molecule has 0 bridgehead atoms. The van der Waals surface area contributed by atoms with Crippen LogP contribution in [0.4, 0.5) is 5.82 Å². The molecule has 0 radical (unpaired) electrons. The van der Waals surface area contributed by atoms with Gasteiger partial charge in [-0.1, -0.05) is 19.3 Å². The van der Waals surface area contributed by atoms with E-state index in [1.807, 2.05) is 6.07 Å². The Kier molecular flexibility index (Phi) is 3.86. The molecule has 0 unspecified atom stereocenters. The lowest BCUT2D eigenvalue weighted by Crippen LogP contribution is -2.38. The quantitative estimate of drug-likeness (QED) is 0.872. The van der Waals surface area contributed by atoms with Crippen molar-refractivity contribution in [2.24, 2.45) is 14.1 Å². The number of nitrogens with one attached hydrogen (secondary N) is 1. The van der Waals surface area contributed by atoms with Crippen LogP contribution in [0.1, 0.15) is 37.8 Å². The molecule has 23 heavy (non-hydrogen) atoms. The molecule has 2 heterocycles. The molecule has 1 fully saturated rings. The predicted molar refractivity (Wildman–Crippen MR) is 85.2 cm³/mol. The number of aryl methyl sites for hydroxylation is 1. The largest absolute Gasteiger partial charge is 0.365 e. The van der Waals surface area contributed by atoms with Gasteiger partial charge in [0.05, 0.1) is 0 Å².